The zero-order valence-electron chi connectivity index (χ0n) is 15.7. The normalized spacial score (nSPS) is 22.9. The molecule has 0 amide bonds. The molecular weight excluding hydrogens is 351 g/mol. The van der Waals surface area contributed by atoms with Crippen LogP contribution in [0.3, 0.4) is 0 Å². The fraction of sp³-hybridized carbons (Fsp3) is 0.111. The minimum absolute atomic E-state index is 0.567. The summed E-state index contributed by atoms with van der Waals surface area (Å²) >= 11 is -1.36. The van der Waals surface area contributed by atoms with Gasteiger partial charge in [-0.2, -0.15) is 0 Å². The molecule has 3 atom stereocenters. The van der Waals surface area contributed by atoms with E-state index in [-0.39, 0.29) is 0 Å². The number of hydrogen-bond acceptors (Lipinski definition) is 0. The molecule has 0 saturated carbocycles. The SMILES string of the molecule is C1=C[CH]([Al]([CH]2C=Cc3ccccc32)[CH]2C=Cc3ccccc32)c2ccccc21. The summed E-state index contributed by atoms with van der Waals surface area (Å²) in [6.07, 6.45) is 14.6. The maximum atomic E-state index is 2.51. The molecule has 0 bridgehead atoms. The van der Waals surface area contributed by atoms with Crippen molar-refractivity contribution in [2.24, 2.45) is 0 Å². The second-order valence-electron chi connectivity index (χ2n) is 8.12. The first-order chi connectivity index (χ1) is 13.9. The summed E-state index contributed by atoms with van der Waals surface area (Å²) in [7, 11) is 0. The lowest BCUT2D eigenvalue weighted by atomic mass is 10.1. The van der Waals surface area contributed by atoms with Gasteiger partial charge in [0, 0.05) is 0 Å². The number of rotatable bonds is 3. The topological polar surface area (TPSA) is 0 Å². The molecule has 0 fully saturated rings. The quantitative estimate of drug-likeness (QED) is 0.459. The molecule has 28 heavy (non-hydrogen) atoms. The van der Waals surface area contributed by atoms with Crippen LogP contribution in [0.5, 0.6) is 0 Å². The number of hydrogen-bond donors (Lipinski definition) is 0. The van der Waals surface area contributed by atoms with Gasteiger partial charge in [-0.3, -0.25) is 0 Å². The molecule has 0 spiro atoms. The molecular formula is C27H21Al. The third-order valence-electron chi connectivity index (χ3n) is 6.76. The number of allylic oxidation sites excluding steroid dienone is 3. The summed E-state index contributed by atoms with van der Waals surface area (Å²) in [6, 6.07) is 27.0. The van der Waals surface area contributed by atoms with Crippen LogP contribution >= 0.6 is 0 Å². The molecule has 0 saturated heterocycles. The maximum absolute atomic E-state index is 2.51. The Labute approximate surface area is 170 Å². The van der Waals surface area contributed by atoms with Crippen LogP contribution in [-0.4, -0.2) is 14.1 Å². The van der Waals surface area contributed by atoms with Crippen molar-refractivity contribution < 1.29 is 0 Å². The molecule has 0 radical (unpaired) electrons. The lowest BCUT2D eigenvalue weighted by Crippen LogP contribution is -2.35. The second-order valence-corrected chi connectivity index (χ2v) is 11.4. The van der Waals surface area contributed by atoms with Crippen LogP contribution in [0.25, 0.3) is 18.2 Å². The van der Waals surface area contributed by atoms with E-state index in [9.17, 15) is 0 Å². The van der Waals surface area contributed by atoms with Crippen LogP contribution < -0.4 is 0 Å². The van der Waals surface area contributed by atoms with Crippen LogP contribution in [0.4, 0.5) is 0 Å². The lowest BCUT2D eigenvalue weighted by molar-refractivity contribution is 1.01. The van der Waals surface area contributed by atoms with Crippen molar-refractivity contribution >= 4 is 32.4 Å². The minimum Gasteiger partial charge on any atom is -0.0895 e. The third-order valence-corrected chi connectivity index (χ3v) is 11.0. The Morgan fingerprint density at radius 2 is 0.750 bits per heavy atom. The van der Waals surface area contributed by atoms with Crippen molar-refractivity contribution in [2.75, 3.05) is 0 Å². The van der Waals surface area contributed by atoms with E-state index < -0.39 is 14.1 Å². The van der Waals surface area contributed by atoms with E-state index in [2.05, 4.69) is 109 Å². The summed E-state index contributed by atoms with van der Waals surface area (Å²) < 4.78 is 1.70. The standard InChI is InChI=1S/3C9H7.Al/c3*1-2-5-9-7-3-6-8(9)4-1;/h3*1-7H;. The van der Waals surface area contributed by atoms with Gasteiger partial charge in [-0.25, -0.2) is 0 Å². The van der Waals surface area contributed by atoms with Crippen LogP contribution in [-0.2, 0) is 0 Å². The molecule has 3 aliphatic rings. The van der Waals surface area contributed by atoms with Gasteiger partial charge >= 0.3 is 14.1 Å². The van der Waals surface area contributed by atoms with Crippen molar-refractivity contribution in [1.82, 2.24) is 0 Å². The van der Waals surface area contributed by atoms with Gasteiger partial charge in [-0.05, 0) is 47.7 Å². The predicted molar refractivity (Wildman–Crippen MR) is 120 cm³/mol. The molecule has 0 aliphatic heterocycles. The Kier molecular flexibility index (Phi) is 3.79. The zero-order valence-corrected chi connectivity index (χ0v) is 16.9. The molecule has 3 aromatic carbocycles. The first-order valence-corrected chi connectivity index (χ1v) is 12.2. The Morgan fingerprint density at radius 1 is 0.429 bits per heavy atom. The van der Waals surface area contributed by atoms with Crippen LogP contribution in [0, 0.1) is 0 Å². The number of fused-ring (bicyclic) bond motifs is 3. The van der Waals surface area contributed by atoms with Gasteiger partial charge < -0.3 is 0 Å². The number of benzene rings is 3. The fourth-order valence-electron chi connectivity index (χ4n) is 5.51. The lowest BCUT2D eigenvalue weighted by Gasteiger charge is -2.30. The largest absolute Gasteiger partial charge is 0.305 e. The monoisotopic (exact) mass is 372 g/mol. The van der Waals surface area contributed by atoms with Crippen molar-refractivity contribution in [3.05, 3.63) is 124 Å². The van der Waals surface area contributed by atoms with E-state index in [0.29, 0.717) is 14.3 Å². The van der Waals surface area contributed by atoms with Gasteiger partial charge in [0.15, 0.2) is 0 Å². The molecule has 0 heterocycles. The van der Waals surface area contributed by atoms with Gasteiger partial charge in [-0.15, -0.1) is 0 Å². The highest BCUT2D eigenvalue weighted by Gasteiger charge is 2.45. The van der Waals surface area contributed by atoms with Crippen LogP contribution in [0.15, 0.2) is 91.0 Å². The fourth-order valence-corrected chi connectivity index (χ4v) is 10.1. The highest BCUT2D eigenvalue weighted by atomic mass is 27.2. The average molecular weight is 372 g/mol. The zero-order chi connectivity index (χ0) is 18.5. The van der Waals surface area contributed by atoms with Crippen molar-refractivity contribution in [3.63, 3.8) is 0 Å². The summed E-state index contributed by atoms with van der Waals surface area (Å²) in [5, 5.41) is 0. The second kappa shape index (κ2) is 6.49. The molecule has 3 aromatic rings. The molecule has 1 heteroatoms. The molecule has 3 aliphatic carbocycles. The summed E-state index contributed by atoms with van der Waals surface area (Å²) in [5.41, 5.74) is 8.85. The van der Waals surface area contributed by atoms with Gasteiger partial charge in [0.1, 0.15) is 0 Å². The summed E-state index contributed by atoms with van der Waals surface area (Å²) in [6.45, 7) is 0. The Balaban J connectivity index is 1.51. The molecule has 0 aromatic heterocycles. The van der Waals surface area contributed by atoms with Crippen LogP contribution in [0.1, 0.15) is 47.7 Å². The first-order valence-electron chi connectivity index (χ1n) is 10.2. The van der Waals surface area contributed by atoms with Crippen molar-refractivity contribution in [3.8, 4) is 0 Å². The Morgan fingerprint density at radius 3 is 1.11 bits per heavy atom. The average Bonchev–Trinajstić information content (AvgIpc) is 3.47. The van der Waals surface area contributed by atoms with E-state index in [1.165, 1.54) is 33.4 Å². The van der Waals surface area contributed by atoms with E-state index in [1.54, 1.807) is 0 Å². The highest BCUT2D eigenvalue weighted by molar-refractivity contribution is 6.66. The first kappa shape index (κ1) is 16.4. The van der Waals surface area contributed by atoms with E-state index >= 15 is 0 Å². The van der Waals surface area contributed by atoms with Crippen molar-refractivity contribution in [2.45, 2.75) is 14.3 Å². The Hall–Kier alpha value is -2.59. The van der Waals surface area contributed by atoms with Gasteiger partial charge in [0.25, 0.3) is 0 Å². The van der Waals surface area contributed by atoms with E-state index in [4.69, 9.17) is 0 Å². The van der Waals surface area contributed by atoms with E-state index in [1.807, 2.05) is 0 Å². The van der Waals surface area contributed by atoms with Crippen molar-refractivity contribution in [1.29, 1.82) is 0 Å². The van der Waals surface area contributed by atoms with Gasteiger partial charge in [-0.1, -0.05) is 109 Å². The van der Waals surface area contributed by atoms with Gasteiger partial charge in [0.2, 0.25) is 0 Å². The van der Waals surface area contributed by atoms with Crippen LogP contribution in [0.2, 0.25) is 0 Å². The molecule has 0 N–H and O–H groups in total. The predicted octanol–water partition coefficient (Wildman–Crippen LogP) is 6.53. The molecule has 6 rings (SSSR count). The molecule has 132 valence electrons. The molecule has 0 nitrogen and oxygen atoms in total. The molecule has 3 unspecified atom stereocenters. The maximum Gasteiger partial charge on any atom is 0.305 e. The Bertz CT molecular complexity index is 1000. The van der Waals surface area contributed by atoms with Gasteiger partial charge in [0.05, 0.1) is 0 Å². The minimum atomic E-state index is -1.36. The summed E-state index contributed by atoms with van der Waals surface area (Å²) in [5.74, 6) is 0. The van der Waals surface area contributed by atoms with E-state index in [0.717, 1.165) is 0 Å². The smallest absolute Gasteiger partial charge is 0.0895 e. The summed E-state index contributed by atoms with van der Waals surface area (Å²) in [4.78, 5) is 0. The third kappa shape index (κ3) is 2.44. The highest BCUT2D eigenvalue weighted by Crippen LogP contribution is 2.48.